The Morgan fingerprint density at radius 2 is 2.12 bits per heavy atom. The van der Waals surface area contributed by atoms with Gasteiger partial charge in [-0.25, -0.2) is 4.79 Å². The first-order chi connectivity index (χ1) is 11.6. The first-order valence-corrected chi connectivity index (χ1v) is 8.45. The zero-order valence-electron chi connectivity index (χ0n) is 13.4. The minimum atomic E-state index is -0.892. The number of allylic oxidation sites excluding steroid dienone is 1. The number of carboxylic acid groups (broad SMARTS) is 1. The lowest BCUT2D eigenvalue weighted by Crippen LogP contribution is -2.06. The summed E-state index contributed by atoms with van der Waals surface area (Å²) >= 11 is 1.29. The van der Waals surface area contributed by atoms with Crippen LogP contribution in [-0.4, -0.2) is 20.9 Å². The minimum Gasteiger partial charge on any atom is -0.477 e. The smallest absolute Gasteiger partial charge is 0.345 e. The van der Waals surface area contributed by atoms with E-state index in [0.29, 0.717) is 17.8 Å². The second kappa shape index (κ2) is 6.84. The van der Waals surface area contributed by atoms with Crippen molar-refractivity contribution in [1.29, 1.82) is 0 Å². The van der Waals surface area contributed by atoms with Gasteiger partial charge < -0.3 is 5.11 Å². The van der Waals surface area contributed by atoms with Gasteiger partial charge in [-0.1, -0.05) is 36.4 Å². The van der Waals surface area contributed by atoms with Gasteiger partial charge in [-0.3, -0.25) is 4.68 Å². The van der Waals surface area contributed by atoms with Gasteiger partial charge in [0.1, 0.15) is 4.88 Å². The predicted molar refractivity (Wildman–Crippen MR) is 96.7 cm³/mol. The Morgan fingerprint density at radius 1 is 1.38 bits per heavy atom. The van der Waals surface area contributed by atoms with Crippen molar-refractivity contribution in [2.75, 3.05) is 0 Å². The summed E-state index contributed by atoms with van der Waals surface area (Å²) in [6, 6.07) is 11.9. The number of hydrogen-bond acceptors (Lipinski definition) is 3. The zero-order chi connectivity index (χ0) is 17.1. The number of aryl methyl sites for hydroxylation is 1. The average Bonchev–Trinajstić information content (AvgIpc) is 3.13. The van der Waals surface area contributed by atoms with Crippen molar-refractivity contribution in [3.05, 3.63) is 76.9 Å². The van der Waals surface area contributed by atoms with Crippen molar-refractivity contribution in [3.8, 4) is 10.4 Å². The van der Waals surface area contributed by atoms with Crippen molar-refractivity contribution in [1.82, 2.24) is 9.78 Å². The SMILES string of the molecule is C=CCc1c(-c2sc(C(=O)O)cc2C)cnn1Cc1ccccc1. The summed E-state index contributed by atoms with van der Waals surface area (Å²) in [5.74, 6) is -0.892. The van der Waals surface area contributed by atoms with Crippen molar-refractivity contribution in [2.45, 2.75) is 19.9 Å². The third-order valence-electron chi connectivity index (χ3n) is 3.83. The molecule has 2 heterocycles. The number of carbonyl (C=O) groups is 1. The van der Waals surface area contributed by atoms with E-state index in [9.17, 15) is 9.90 Å². The molecule has 2 aromatic heterocycles. The largest absolute Gasteiger partial charge is 0.477 e. The van der Waals surface area contributed by atoms with Crippen LogP contribution in [0.5, 0.6) is 0 Å². The second-order valence-electron chi connectivity index (χ2n) is 5.57. The van der Waals surface area contributed by atoms with Gasteiger partial charge in [-0.15, -0.1) is 17.9 Å². The van der Waals surface area contributed by atoms with E-state index in [1.54, 1.807) is 6.07 Å². The highest BCUT2D eigenvalue weighted by Crippen LogP contribution is 2.35. The topological polar surface area (TPSA) is 55.1 Å². The summed E-state index contributed by atoms with van der Waals surface area (Å²) in [7, 11) is 0. The third-order valence-corrected chi connectivity index (χ3v) is 5.09. The molecule has 3 rings (SSSR count). The molecule has 0 aliphatic heterocycles. The van der Waals surface area contributed by atoms with Crippen molar-refractivity contribution in [2.24, 2.45) is 0 Å². The molecule has 1 aromatic carbocycles. The van der Waals surface area contributed by atoms with Crippen LogP contribution in [0.15, 0.2) is 55.3 Å². The lowest BCUT2D eigenvalue weighted by atomic mass is 10.1. The zero-order valence-corrected chi connectivity index (χ0v) is 14.2. The van der Waals surface area contributed by atoms with E-state index in [0.717, 1.165) is 21.7 Å². The van der Waals surface area contributed by atoms with Gasteiger partial charge in [0, 0.05) is 16.9 Å². The molecule has 0 saturated heterocycles. The fourth-order valence-electron chi connectivity index (χ4n) is 2.70. The normalized spacial score (nSPS) is 10.7. The van der Waals surface area contributed by atoms with Crippen LogP contribution in [0.2, 0.25) is 0 Å². The highest BCUT2D eigenvalue weighted by atomic mass is 32.1. The number of thiophene rings is 1. The molecule has 1 N–H and O–H groups in total. The lowest BCUT2D eigenvalue weighted by Gasteiger charge is -2.08. The molecular weight excluding hydrogens is 320 g/mol. The number of nitrogens with zero attached hydrogens (tertiary/aromatic N) is 2. The van der Waals surface area contributed by atoms with E-state index in [1.165, 1.54) is 16.9 Å². The Labute approximate surface area is 144 Å². The molecule has 0 amide bonds. The number of aromatic nitrogens is 2. The molecule has 0 bridgehead atoms. The van der Waals surface area contributed by atoms with Crippen LogP contribution in [0, 0.1) is 6.92 Å². The number of hydrogen-bond donors (Lipinski definition) is 1. The first-order valence-electron chi connectivity index (χ1n) is 7.63. The van der Waals surface area contributed by atoms with Gasteiger partial charge in [0.15, 0.2) is 0 Å². The van der Waals surface area contributed by atoms with E-state index in [2.05, 4.69) is 23.8 Å². The van der Waals surface area contributed by atoms with Gasteiger partial charge in [-0.2, -0.15) is 5.10 Å². The second-order valence-corrected chi connectivity index (χ2v) is 6.62. The fourth-order valence-corrected chi connectivity index (χ4v) is 3.74. The first kappa shape index (κ1) is 16.2. The molecule has 24 heavy (non-hydrogen) atoms. The molecule has 0 radical (unpaired) electrons. The van der Waals surface area contributed by atoms with Crippen LogP contribution in [0.1, 0.15) is 26.5 Å². The van der Waals surface area contributed by atoms with E-state index in [4.69, 9.17) is 0 Å². The van der Waals surface area contributed by atoms with Gasteiger partial charge in [0.05, 0.1) is 18.4 Å². The lowest BCUT2D eigenvalue weighted by molar-refractivity contribution is 0.0702. The summed E-state index contributed by atoms with van der Waals surface area (Å²) in [6.07, 6.45) is 4.36. The standard InChI is InChI=1S/C19H18N2O2S/c1-3-7-16-15(18-13(2)10-17(24-18)19(22)23)11-20-21(16)12-14-8-5-4-6-9-14/h3-6,8-11H,1,7,12H2,2H3,(H,22,23). The van der Waals surface area contributed by atoms with Crippen LogP contribution in [0.3, 0.4) is 0 Å². The van der Waals surface area contributed by atoms with E-state index < -0.39 is 5.97 Å². The predicted octanol–water partition coefficient (Wildman–Crippen LogP) is 4.40. The molecule has 122 valence electrons. The van der Waals surface area contributed by atoms with E-state index >= 15 is 0 Å². The van der Waals surface area contributed by atoms with Crippen LogP contribution >= 0.6 is 11.3 Å². The molecule has 4 nitrogen and oxygen atoms in total. The summed E-state index contributed by atoms with van der Waals surface area (Å²) < 4.78 is 1.96. The molecule has 0 unspecified atom stereocenters. The van der Waals surface area contributed by atoms with Crippen molar-refractivity contribution in [3.63, 3.8) is 0 Å². The molecule has 0 aliphatic rings. The highest BCUT2D eigenvalue weighted by molar-refractivity contribution is 7.17. The van der Waals surface area contributed by atoms with Crippen LogP contribution in [-0.2, 0) is 13.0 Å². The maximum atomic E-state index is 11.2. The summed E-state index contributed by atoms with van der Waals surface area (Å²) in [5, 5.41) is 13.7. The van der Waals surface area contributed by atoms with E-state index in [-0.39, 0.29) is 0 Å². The Hall–Kier alpha value is -2.66. The molecule has 0 aliphatic carbocycles. The maximum absolute atomic E-state index is 11.2. The number of benzene rings is 1. The van der Waals surface area contributed by atoms with Crippen LogP contribution < -0.4 is 0 Å². The summed E-state index contributed by atoms with van der Waals surface area (Å²) in [4.78, 5) is 12.5. The molecule has 3 aromatic rings. The third kappa shape index (κ3) is 3.16. The maximum Gasteiger partial charge on any atom is 0.345 e. The van der Waals surface area contributed by atoms with Crippen molar-refractivity contribution >= 4 is 17.3 Å². The van der Waals surface area contributed by atoms with Gasteiger partial charge in [0.25, 0.3) is 0 Å². The molecule has 5 heteroatoms. The van der Waals surface area contributed by atoms with Crippen LogP contribution in [0.4, 0.5) is 0 Å². The monoisotopic (exact) mass is 338 g/mol. The Morgan fingerprint density at radius 3 is 2.75 bits per heavy atom. The van der Waals surface area contributed by atoms with Crippen molar-refractivity contribution < 1.29 is 9.90 Å². The fraction of sp³-hybridized carbons (Fsp3) is 0.158. The molecule has 0 fully saturated rings. The van der Waals surface area contributed by atoms with Crippen LogP contribution in [0.25, 0.3) is 10.4 Å². The Balaban J connectivity index is 2.03. The summed E-state index contributed by atoms with van der Waals surface area (Å²) in [5.41, 5.74) is 4.17. The Kier molecular flexibility index (Phi) is 4.62. The molecule has 0 atom stereocenters. The molecule has 0 saturated carbocycles. The average molecular weight is 338 g/mol. The highest BCUT2D eigenvalue weighted by Gasteiger charge is 2.18. The number of aromatic carboxylic acids is 1. The summed E-state index contributed by atoms with van der Waals surface area (Å²) in [6.45, 7) is 6.46. The van der Waals surface area contributed by atoms with E-state index in [1.807, 2.05) is 42.1 Å². The van der Waals surface area contributed by atoms with Gasteiger partial charge in [0.2, 0.25) is 0 Å². The molecule has 0 spiro atoms. The number of rotatable bonds is 6. The van der Waals surface area contributed by atoms with Gasteiger partial charge >= 0.3 is 5.97 Å². The van der Waals surface area contributed by atoms with Gasteiger partial charge in [-0.05, 0) is 24.1 Å². The minimum absolute atomic E-state index is 0.350. The quantitative estimate of drug-likeness (QED) is 0.678. The Bertz CT molecular complexity index is 878. The molecular formula is C19H18N2O2S. The number of carboxylic acids is 1.